The molecule has 2 aromatic rings. The van der Waals surface area contributed by atoms with Crippen molar-refractivity contribution in [2.45, 2.75) is 66.8 Å². The summed E-state index contributed by atoms with van der Waals surface area (Å²) in [6.45, 7) is 11.6. The Hall–Kier alpha value is -2.70. The summed E-state index contributed by atoms with van der Waals surface area (Å²) in [5.41, 5.74) is -0.480. The third kappa shape index (κ3) is 6.15. The van der Waals surface area contributed by atoms with E-state index in [0.717, 1.165) is 30.6 Å². The molecule has 1 amide bonds. The number of hydrogen-bond acceptors (Lipinski definition) is 4. The molecule has 2 rings (SSSR count). The molecule has 172 valence electrons. The minimum absolute atomic E-state index is 0.240. The molecule has 7 nitrogen and oxygen atoms in total. The molecule has 0 unspecified atom stereocenters. The van der Waals surface area contributed by atoms with Crippen molar-refractivity contribution in [1.82, 2.24) is 4.57 Å². The highest BCUT2D eigenvalue weighted by molar-refractivity contribution is 5.97. The summed E-state index contributed by atoms with van der Waals surface area (Å²) >= 11 is 0. The van der Waals surface area contributed by atoms with E-state index >= 15 is 0 Å². The minimum Gasteiger partial charge on any atom is -0.494 e. The van der Waals surface area contributed by atoms with Crippen molar-refractivity contribution in [3.63, 3.8) is 0 Å². The standard InChI is InChI=1S/C24H36N2O5/c1-7-9-13-30-17-11-12-18-19(15-17)20(31-14-10-8-2)21(25(6)23(28)29)26(22(18)27)16-24(3,4)5/h11-12,15H,7-10,13-14,16H2,1-6H3,(H,28,29). The van der Waals surface area contributed by atoms with Crippen molar-refractivity contribution in [3.8, 4) is 11.5 Å². The summed E-state index contributed by atoms with van der Waals surface area (Å²) in [5, 5.41) is 10.8. The zero-order valence-electron chi connectivity index (χ0n) is 19.7. The van der Waals surface area contributed by atoms with E-state index in [9.17, 15) is 14.7 Å². The number of pyridine rings is 1. The average molecular weight is 433 g/mol. The monoisotopic (exact) mass is 432 g/mol. The second-order valence-electron chi connectivity index (χ2n) is 9.06. The van der Waals surface area contributed by atoms with E-state index in [1.165, 1.54) is 11.6 Å². The number of nitrogens with zero attached hydrogens (tertiary/aromatic N) is 2. The second kappa shape index (κ2) is 10.6. The molecule has 0 aliphatic heterocycles. The molecule has 0 fully saturated rings. The van der Waals surface area contributed by atoms with Gasteiger partial charge >= 0.3 is 6.09 Å². The van der Waals surface area contributed by atoms with Crippen molar-refractivity contribution in [3.05, 3.63) is 28.6 Å². The molecule has 0 atom stereocenters. The Morgan fingerprint density at radius 3 is 2.23 bits per heavy atom. The normalized spacial score (nSPS) is 11.5. The molecule has 1 heterocycles. The van der Waals surface area contributed by atoms with E-state index in [4.69, 9.17) is 9.47 Å². The number of ether oxygens (including phenoxy) is 2. The molecule has 1 aromatic heterocycles. The van der Waals surface area contributed by atoms with Crippen LogP contribution in [0, 0.1) is 5.41 Å². The van der Waals surface area contributed by atoms with Gasteiger partial charge in [0.2, 0.25) is 0 Å². The predicted octanol–water partition coefficient (Wildman–Crippen LogP) is 5.52. The Kier molecular flexibility index (Phi) is 8.36. The lowest BCUT2D eigenvalue weighted by Gasteiger charge is -2.28. The molecule has 0 aliphatic carbocycles. The number of benzene rings is 1. The van der Waals surface area contributed by atoms with Crippen molar-refractivity contribution >= 4 is 22.7 Å². The van der Waals surface area contributed by atoms with E-state index in [1.807, 2.05) is 20.8 Å². The third-order valence-electron chi connectivity index (χ3n) is 4.92. The Labute approximate surface area is 184 Å². The van der Waals surface area contributed by atoms with Crippen LogP contribution < -0.4 is 19.9 Å². The highest BCUT2D eigenvalue weighted by Gasteiger charge is 2.27. The Morgan fingerprint density at radius 1 is 1.06 bits per heavy atom. The largest absolute Gasteiger partial charge is 0.494 e. The van der Waals surface area contributed by atoms with Crippen LogP contribution in [0.4, 0.5) is 10.6 Å². The maximum Gasteiger partial charge on any atom is 0.412 e. The van der Waals surface area contributed by atoms with Gasteiger partial charge in [-0.05, 0) is 36.5 Å². The van der Waals surface area contributed by atoms with Gasteiger partial charge in [0, 0.05) is 19.0 Å². The van der Waals surface area contributed by atoms with Crippen molar-refractivity contribution in [2.75, 3.05) is 25.2 Å². The first-order valence-electron chi connectivity index (χ1n) is 11.0. The van der Waals surface area contributed by atoms with Gasteiger partial charge in [-0.25, -0.2) is 4.79 Å². The van der Waals surface area contributed by atoms with Crippen LogP contribution >= 0.6 is 0 Å². The van der Waals surface area contributed by atoms with Gasteiger partial charge in [-0.2, -0.15) is 0 Å². The minimum atomic E-state index is -1.16. The number of rotatable bonds is 10. The van der Waals surface area contributed by atoms with Crippen LogP contribution in [0.3, 0.4) is 0 Å². The van der Waals surface area contributed by atoms with Crippen LogP contribution in [-0.4, -0.2) is 36.0 Å². The lowest BCUT2D eigenvalue weighted by Crippen LogP contribution is -2.35. The molecule has 0 aliphatic rings. The highest BCUT2D eigenvalue weighted by atomic mass is 16.5. The molecule has 1 N–H and O–H groups in total. The Bertz CT molecular complexity index is 959. The molecule has 0 radical (unpaired) electrons. The molecule has 0 saturated heterocycles. The number of hydrogen-bond donors (Lipinski definition) is 1. The number of amides is 1. The average Bonchev–Trinajstić information content (AvgIpc) is 2.70. The van der Waals surface area contributed by atoms with Gasteiger partial charge in [0.1, 0.15) is 5.75 Å². The Morgan fingerprint density at radius 2 is 1.68 bits per heavy atom. The summed E-state index contributed by atoms with van der Waals surface area (Å²) in [4.78, 5) is 26.4. The number of anilines is 1. The number of carbonyl (C=O) groups is 1. The number of aromatic nitrogens is 1. The smallest absolute Gasteiger partial charge is 0.412 e. The van der Waals surface area contributed by atoms with E-state index in [1.54, 1.807) is 18.2 Å². The lowest BCUT2D eigenvalue weighted by atomic mass is 9.96. The summed E-state index contributed by atoms with van der Waals surface area (Å²) in [6, 6.07) is 5.32. The molecule has 31 heavy (non-hydrogen) atoms. The molecule has 7 heteroatoms. The van der Waals surface area contributed by atoms with Crippen molar-refractivity contribution in [1.29, 1.82) is 0 Å². The number of fused-ring (bicyclic) bond motifs is 1. The fourth-order valence-electron chi connectivity index (χ4n) is 3.31. The van der Waals surface area contributed by atoms with Crippen LogP contribution in [0.15, 0.2) is 23.0 Å². The third-order valence-corrected chi connectivity index (χ3v) is 4.92. The van der Waals surface area contributed by atoms with Gasteiger partial charge in [0.25, 0.3) is 5.56 Å². The first-order valence-corrected chi connectivity index (χ1v) is 11.0. The quantitative estimate of drug-likeness (QED) is 0.500. The fourth-order valence-corrected chi connectivity index (χ4v) is 3.31. The van der Waals surface area contributed by atoms with E-state index in [0.29, 0.717) is 42.0 Å². The first-order chi connectivity index (χ1) is 14.6. The summed E-state index contributed by atoms with van der Waals surface area (Å²) in [6.07, 6.45) is 2.55. The van der Waals surface area contributed by atoms with Crippen LogP contribution in [0.25, 0.3) is 10.8 Å². The molecule has 0 bridgehead atoms. The lowest BCUT2D eigenvalue weighted by molar-refractivity contribution is 0.202. The summed E-state index contributed by atoms with van der Waals surface area (Å²) in [7, 11) is 1.44. The molecular weight excluding hydrogens is 396 g/mol. The number of carboxylic acid groups (broad SMARTS) is 1. The van der Waals surface area contributed by atoms with Crippen LogP contribution in [-0.2, 0) is 6.54 Å². The highest BCUT2D eigenvalue weighted by Crippen LogP contribution is 2.37. The number of unbranched alkanes of at least 4 members (excludes halogenated alkanes) is 2. The second-order valence-corrected chi connectivity index (χ2v) is 9.06. The predicted molar refractivity (Wildman–Crippen MR) is 125 cm³/mol. The van der Waals surface area contributed by atoms with Gasteiger partial charge in [-0.15, -0.1) is 0 Å². The molecular formula is C24H36N2O5. The van der Waals surface area contributed by atoms with Gasteiger partial charge < -0.3 is 14.6 Å². The van der Waals surface area contributed by atoms with Crippen LogP contribution in [0.5, 0.6) is 11.5 Å². The van der Waals surface area contributed by atoms with Gasteiger partial charge in [0.05, 0.1) is 18.6 Å². The van der Waals surface area contributed by atoms with Crippen LogP contribution in [0.1, 0.15) is 60.3 Å². The molecule has 0 saturated carbocycles. The maximum atomic E-state index is 13.5. The zero-order valence-corrected chi connectivity index (χ0v) is 19.7. The summed E-state index contributed by atoms with van der Waals surface area (Å²) in [5.74, 6) is 1.29. The molecule has 0 spiro atoms. The first kappa shape index (κ1) is 24.6. The maximum absolute atomic E-state index is 13.5. The topological polar surface area (TPSA) is 81.0 Å². The van der Waals surface area contributed by atoms with Crippen molar-refractivity contribution < 1.29 is 19.4 Å². The van der Waals surface area contributed by atoms with Gasteiger partial charge in [-0.3, -0.25) is 14.3 Å². The SMILES string of the molecule is CCCCOc1ccc2c(=O)n(CC(C)(C)C)c(N(C)C(=O)O)c(OCCCC)c2c1. The van der Waals surface area contributed by atoms with Gasteiger partial charge in [-0.1, -0.05) is 47.5 Å². The van der Waals surface area contributed by atoms with E-state index < -0.39 is 6.09 Å². The van der Waals surface area contributed by atoms with Crippen molar-refractivity contribution in [2.24, 2.45) is 5.41 Å². The van der Waals surface area contributed by atoms with Gasteiger partial charge in [0.15, 0.2) is 11.6 Å². The van der Waals surface area contributed by atoms with E-state index in [-0.39, 0.29) is 16.8 Å². The zero-order chi connectivity index (χ0) is 23.2. The fraction of sp³-hybridized carbons (Fsp3) is 0.583. The van der Waals surface area contributed by atoms with Crippen LogP contribution in [0.2, 0.25) is 0 Å². The molecule has 1 aromatic carbocycles. The summed E-state index contributed by atoms with van der Waals surface area (Å²) < 4.78 is 13.5. The van der Waals surface area contributed by atoms with E-state index in [2.05, 4.69) is 13.8 Å². The Balaban J connectivity index is 2.80.